The Morgan fingerprint density at radius 3 is 2.67 bits per heavy atom. The van der Waals surface area contributed by atoms with Gasteiger partial charge in [0.05, 0.1) is 11.7 Å². The summed E-state index contributed by atoms with van der Waals surface area (Å²) in [5.41, 5.74) is 5.36. The van der Waals surface area contributed by atoms with Gasteiger partial charge in [0.1, 0.15) is 5.75 Å². The number of benzene rings is 1. The highest BCUT2D eigenvalue weighted by atomic mass is 32.1. The van der Waals surface area contributed by atoms with E-state index >= 15 is 0 Å². The fourth-order valence-electron chi connectivity index (χ4n) is 7.51. The molecule has 1 aromatic carbocycles. The zero-order valence-electron chi connectivity index (χ0n) is 22.4. The standard InChI is InChI=1S/C30H35N7OS/c1-18-27-22-12-24(21-4-2-3-5-25(21)38)34-35-28(22)33-23(27)8-11-37(18)29-32-15-26(39-29)19-6-9-36(10-7-19)20-13-30(14-20)16-31-17-30/h2-5,12,15,18-20,31,38H,6-11,13-14,16-17H2,1H3,(H,33,35)/t18-/m0/s1. The Morgan fingerprint density at radius 1 is 1.08 bits per heavy atom. The number of nitrogens with one attached hydrogen (secondary N) is 2. The summed E-state index contributed by atoms with van der Waals surface area (Å²) < 4.78 is 0. The van der Waals surface area contributed by atoms with Crippen molar-refractivity contribution in [3.63, 3.8) is 0 Å². The summed E-state index contributed by atoms with van der Waals surface area (Å²) in [4.78, 5) is 15.1. The number of aromatic nitrogens is 4. The van der Waals surface area contributed by atoms with Crippen LogP contribution in [0.25, 0.3) is 22.3 Å². The number of phenols is 1. The molecule has 0 bridgehead atoms. The first-order chi connectivity index (χ1) is 19.1. The number of aromatic hydroxyl groups is 1. The monoisotopic (exact) mass is 541 g/mol. The molecular weight excluding hydrogens is 506 g/mol. The van der Waals surface area contributed by atoms with Crippen LogP contribution in [0.1, 0.15) is 60.7 Å². The molecule has 1 atom stereocenters. The molecule has 4 aromatic rings. The third-order valence-electron chi connectivity index (χ3n) is 9.89. The minimum atomic E-state index is 0.178. The lowest BCUT2D eigenvalue weighted by atomic mass is 9.61. The van der Waals surface area contributed by atoms with Gasteiger partial charge in [0.15, 0.2) is 10.8 Å². The smallest absolute Gasteiger partial charge is 0.186 e. The number of H-pyrrole nitrogens is 1. The molecule has 0 radical (unpaired) electrons. The molecule has 3 fully saturated rings. The zero-order chi connectivity index (χ0) is 26.1. The predicted molar refractivity (Wildman–Crippen MR) is 154 cm³/mol. The Morgan fingerprint density at radius 2 is 1.90 bits per heavy atom. The van der Waals surface area contributed by atoms with Crippen molar-refractivity contribution in [1.82, 2.24) is 30.4 Å². The second-order valence-corrected chi connectivity index (χ2v) is 13.2. The molecule has 8 nitrogen and oxygen atoms in total. The summed E-state index contributed by atoms with van der Waals surface area (Å²) >= 11 is 1.89. The number of para-hydroxylation sites is 1. The van der Waals surface area contributed by atoms with E-state index < -0.39 is 0 Å². The lowest BCUT2D eigenvalue weighted by molar-refractivity contribution is -0.0431. The van der Waals surface area contributed by atoms with Gasteiger partial charge in [0, 0.05) is 65.4 Å². The molecule has 6 heterocycles. The number of phenolic OH excluding ortho intramolecular Hbond substituents is 1. The molecule has 2 saturated heterocycles. The van der Waals surface area contributed by atoms with E-state index in [0.717, 1.165) is 35.2 Å². The zero-order valence-corrected chi connectivity index (χ0v) is 23.2. The molecule has 0 unspecified atom stereocenters. The maximum Gasteiger partial charge on any atom is 0.186 e. The minimum absolute atomic E-state index is 0.178. The molecule has 1 saturated carbocycles. The van der Waals surface area contributed by atoms with Crippen LogP contribution in [0, 0.1) is 5.41 Å². The number of aromatic amines is 1. The molecule has 0 amide bonds. The van der Waals surface area contributed by atoms with E-state index in [1.54, 1.807) is 6.07 Å². The first kappa shape index (κ1) is 23.8. The minimum Gasteiger partial charge on any atom is -0.507 e. The van der Waals surface area contributed by atoms with Crippen molar-refractivity contribution in [2.45, 2.75) is 57.0 Å². The highest BCUT2D eigenvalue weighted by Gasteiger charge is 2.50. The van der Waals surface area contributed by atoms with Gasteiger partial charge in [0.2, 0.25) is 0 Å². The van der Waals surface area contributed by atoms with Gasteiger partial charge in [-0.1, -0.05) is 12.1 Å². The molecule has 1 aliphatic carbocycles. The summed E-state index contributed by atoms with van der Waals surface area (Å²) in [5.74, 6) is 0.852. The topological polar surface area (TPSA) is 93.2 Å². The van der Waals surface area contributed by atoms with E-state index in [-0.39, 0.29) is 11.8 Å². The molecule has 8 rings (SSSR count). The highest BCUT2D eigenvalue weighted by Crippen LogP contribution is 2.48. The molecule has 1 spiro atoms. The van der Waals surface area contributed by atoms with Crippen LogP contribution in [0.3, 0.4) is 0 Å². The fourth-order valence-corrected chi connectivity index (χ4v) is 8.70. The highest BCUT2D eigenvalue weighted by molar-refractivity contribution is 7.15. The molecule has 3 aromatic heterocycles. The number of nitrogens with zero attached hydrogens (tertiary/aromatic N) is 5. The Kier molecular flexibility index (Phi) is 5.51. The van der Waals surface area contributed by atoms with E-state index in [4.69, 9.17) is 4.98 Å². The van der Waals surface area contributed by atoms with Crippen LogP contribution >= 0.6 is 11.3 Å². The van der Waals surface area contributed by atoms with E-state index in [1.165, 1.54) is 68.0 Å². The van der Waals surface area contributed by atoms with E-state index in [2.05, 4.69) is 49.5 Å². The van der Waals surface area contributed by atoms with Crippen LogP contribution in [-0.2, 0) is 6.42 Å². The van der Waals surface area contributed by atoms with Crippen LogP contribution in [0.15, 0.2) is 36.5 Å². The van der Waals surface area contributed by atoms with Crippen LogP contribution in [0.5, 0.6) is 5.75 Å². The normalized spacial score (nSPS) is 23.6. The Labute approximate surface area is 232 Å². The van der Waals surface area contributed by atoms with Crippen LogP contribution in [0.2, 0.25) is 0 Å². The Hall–Kier alpha value is -3.01. The van der Waals surface area contributed by atoms with Crippen molar-refractivity contribution in [3.8, 4) is 17.0 Å². The summed E-state index contributed by atoms with van der Waals surface area (Å²) in [5, 5.41) is 24.9. The second-order valence-electron chi connectivity index (χ2n) is 12.2. The first-order valence-electron chi connectivity index (χ1n) is 14.4. The van der Waals surface area contributed by atoms with Gasteiger partial charge in [-0.2, -0.15) is 0 Å². The van der Waals surface area contributed by atoms with Crippen LogP contribution < -0.4 is 10.2 Å². The third-order valence-corrected chi connectivity index (χ3v) is 11.1. The largest absolute Gasteiger partial charge is 0.507 e. The summed E-state index contributed by atoms with van der Waals surface area (Å²) in [6, 6.07) is 10.4. The van der Waals surface area contributed by atoms with Crippen molar-refractivity contribution in [1.29, 1.82) is 0 Å². The van der Waals surface area contributed by atoms with Crippen LogP contribution in [0.4, 0.5) is 5.13 Å². The molecule has 39 heavy (non-hydrogen) atoms. The van der Waals surface area contributed by atoms with Gasteiger partial charge in [0.25, 0.3) is 0 Å². The van der Waals surface area contributed by atoms with E-state index in [0.29, 0.717) is 22.6 Å². The molecule has 3 aliphatic heterocycles. The maximum absolute atomic E-state index is 10.4. The van der Waals surface area contributed by atoms with E-state index in [1.807, 2.05) is 29.5 Å². The van der Waals surface area contributed by atoms with E-state index in [9.17, 15) is 5.11 Å². The van der Waals surface area contributed by atoms with Gasteiger partial charge in [-0.25, -0.2) is 4.98 Å². The van der Waals surface area contributed by atoms with Gasteiger partial charge in [-0.3, -0.25) is 0 Å². The lowest BCUT2D eigenvalue weighted by Gasteiger charge is -2.58. The number of piperidine rings is 1. The molecule has 4 aliphatic rings. The number of thiazole rings is 1. The Balaban J connectivity index is 0.995. The number of likely N-dealkylation sites (tertiary alicyclic amines) is 1. The molecule has 9 heteroatoms. The average Bonchev–Trinajstić information content (AvgIpc) is 3.53. The van der Waals surface area contributed by atoms with Gasteiger partial charge in [-0.05, 0) is 75.2 Å². The van der Waals surface area contributed by atoms with Crippen molar-refractivity contribution in [2.75, 3.05) is 37.6 Å². The van der Waals surface area contributed by atoms with Crippen molar-refractivity contribution in [3.05, 3.63) is 52.7 Å². The first-order valence-corrected chi connectivity index (χ1v) is 15.2. The number of anilines is 1. The lowest BCUT2D eigenvalue weighted by Crippen LogP contribution is -2.65. The van der Waals surface area contributed by atoms with Gasteiger partial charge < -0.3 is 25.2 Å². The van der Waals surface area contributed by atoms with Crippen LogP contribution in [-0.4, -0.2) is 68.9 Å². The SMILES string of the molecule is C[C@H]1c2c([nH]c3nnc(-c4ccccc4O)cc23)CCN1c1ncc(C2CCN(C3CC4(CNC4)C3)CC2)s1. The van der Waals surface area contributed by atoms with Gasteiger partial charge in [-0.15, -0.1) is 21.5 Å². The third kappa shape index (κ3) is 3.89. The van der Waals surface area contributed by atoms with Gasteiger partial charge >= 0.3 is 0 Å². The second kappa shape index (κ2) is 9.01. The Bertz CT molecular complexity index is 1530. The van der Waals surface area contributed by atoms with Crippen molar-refractivity contribution >= 4 is 27.5 Å². The number of hydrogen-bond acceptors (Lipinski definition) is 8. The summed E-state index contributed by atoms with van der Waals surface area (Å²) in [7, 11) is 0. The number of hydrogen-bond donors (Lipinski definition) is 3. The molecular formula is C30H35N7OS. The predicted octanol–water partition coefficient (Wildman–Crippen LogP) is 4.84. The quantitative estimate of drug-likeness (QED) is 0.340. The average molecular weight is 542 g/mol. The number of fused-ring (bicyclic) bond motifs is 3. The number of rotatable bonds is 4. The van der Waals surface area contributed by atoms with Crippen molar-refractivity contribution in [2.24, 2.45) is 5.41 Å². The molecule has 3 N–H and O–H groups in total. The fraction of sp³-hybridized carbons (Fsp3) is 0.500. The maximum atomic E-state index is 10.4. The molecule has 202 valence electrons. The summed E-state index contributed by atoms with van der Waals surface area (Å²) in [6.07, 6.45) is 8.37. The summed E-state index contributed by atoms with van der Waals surface area (Å²) in [6.45, 7) is 8.14. The van der Waals surface area contributed by atoms with Crippen molar-refractivity contribution < 1.29 is 5.11 Å².